The lowest BCUT2D eigenvalue weighted by Crippen LogP contribution is -2.32. The molecular formula is C17H25FN2O. The van der Waals surface area contributed by atoms with Gasteiger partial charge >= 0.3 is 0 Å². The smallest absolute Gasteiger partial charge is 0.241 e. The van der Waals surface area contributed by atoms with Crippen molar-refractivity contribution in [3.05, 3.63) is 35.6 Å². The van der Waals surface area contributed by atoms with E-state index in [0.717, 1.165) is 44.2 Å². The van der Waals surface area contributed by atoms with Crippen LogP contribution in [0.15, 0.2) is 24.3 Å². The Labute approximate surface area is 126 Å². The quantitative estimate of drug-likeness (QED) is 0.779. The number of unbranched alkanes of at least 4 members (excludes halogenated alkanes) is 2. The SMILES string of the molecule is CCCCCN1C(=O)C(CCC)NC1c1ccc(F)cc1. The largest absolute Gasteiger partial charge is 0.322 e. The van der Waals surface area contributed by atoms with Gasteiger partial charge < -0.3 is 4.90 Å². The molecule has 1 fully saturated rings. The Hall–Kier alpha value is -1.42. The molecule has 1 saturated heterocycles. The van der Waals surface area contributed by atoms with E-state index in [2.05, 4.69) is 19.2 Å². The number of benzene rings is 1. The maximum Gasteiger partial charge on any atom is 0.241 e. The molecule has 2 unspecified atom stereocenters. The summed E-state index contributed by atoms with van der Waals surface area (Å²) in [5.74, 6) is -0.0620. The summed E-state index contributed by atoms with van der Waals surface area (Å²) in [5, 5.41) is 3.41. The Bertz CT molecular complexity index is 460. The molecule has 3 nitrogen and oxygen atoms in total. The fourth-order valence-corrected chi connectivity index (χ4v) is 2.87. The lowest BCUT2D eigenvalue weighted by molar-refractivity contribution is -0.130. The van der Waals surface area contributed by atoms with Gasteiger partial charge in [-0.2, -0.15) is 0 Å². The van der Waals surface area contributed by atoms with Gasteiger partial charge in [0.15, 0.2) is 0 Å². The maximum absolute atomic E-state index is 13.1. The van der Waals surface area contributed by atoms with Crippen molar-refractivity contribution in [2.24, 2.45) is 0 Å². The highest BCUT2D eigenvalue weighted by molar-refractivity contribution is 5.84. The Morgan fingerprint density at radius 2 is 1.86 bits per heavy atom. The van der Waals surface area contributed by atoms with Crippen LogP contribution in [0.2, 0.25) is 0 Å². The second kappa shape index (κ2) is 7.55. The van der Waals surface area contributed by atoms with Gasteiger partial charge in [-0.25, -0.2) is 4.39 Å². The molecule has 1 aliphatic heterocycles. The normalized spacial score (nSPS) is 22.0. The average Bonchev–Trinajstić information content (AvgIpc) is 2.78. The van der Waals surface area contributed by atoms with E-state index in [1.807, 2.05) is 4.90 Å². The van der Waals surface area contributed by atoms with Gasteiger partial charge in [0.25, 0.3) is 0 Å². The molecule has 0 spiro atoms. The molecule has 0 radical (unpaired) electrons. The molecule has 1 heterocycles. The zero-order valence-electron chi connectivity index (χ0n) is 12.9. The Morgan fingerprint density at radius 3 is 2.48 bits per heavy atom. The molecule has 1 N–H and O–H groups in total. The van der Waals surface area contributed by atoms with Gasteiger partial charge in [-0.1, -0.05) is 45.2 Å². The highest BCUT2D eigenvalue weighted by Gasteiger charge is 2.38. The zero-order valence-corrected chi connectivity index (χ0v) is 12.9. The van der Waals surface area contributed by atoms with Crippen LogP contribution < -0.4 is 5.32 Å². The topological polar surface area (TPSA) is 32.3 Å². The van der Waals surface area contributed by atoms with E-state index in [1.165, 1.54) is 12.1 Å². The molecular weight excluding hydrogens is 267 g/mol. The summed E-state index contributed by atoms with van der Waals surface area (Å²) < 4.78 is 13.1. The van der Waals surface area contributed by atoms with Gasteiger partial charge in [0.2, 0.25) is 5.91 Å². The summed E-state index contributed by atoms with van der Waals surface area (Å²) in [6, 6.07) is 6.34. The first-order chi connectivity index (χ1) is 10.2. The molecule has 2 rings (SSSR count). The minimum absolute atomic E-state index is 0.105. The second-order valence-electron chi connectivity index (χ2n) is 5.70. The third-order valence-corrected chi connectivity index (χ3v) is 4.02. The van der Waals surface area contributed by atoms with Gasteiger partial charge in [-0.15, -0.1) is 0 Å². The van der Waals surface area contributed by atoms with Crippen LogP contribution in [-0.4, -0.2) is 23.4 Å². The molecule has 0 aromatic heterocycles. The van der Waals surface area contributed by atoms with E-state index in [-0.39, 0.29) is 23.9 Å². The number of amides is 1. The van der Waals surface area contributed by atoms with Crippen LogP contribution in [-0.2, 0) is 4.79 Å². The molecule has 1 amide bonds. The van der Waals surface area contributed by atoms with E-state index in [1.54, 1.807) is 12.1 Å². The first-order valence-electron chi connectivity index (χ1n) is 7.99. The number of rotatable bonds is 7. The number of nitrogens with one attached hydrogen (secondary N) is 1. The number of hydrogen-bond acceptors (Lipinski definition) is 2. The van der Waals surface area contributed by atoms with Gasteiger partial charge in [0, 0.05) is 6.54 Å². The summed E-state index contributed by atoms with van der Waals surface area (Å²) in [7, 11) is 0. The van der Waals surface area contributed by atoms with Crippen LogP contribution in [0.1, 0.15) is 57.7 Å². The summed E-state index contributed by atoms with van der Waals surface area (Å²) in [6.45, 7) is 5.00. The third kappa shape index (κ3) is 3.82. The van der Waals surface area contributed by atoms with Crippen LogP contribution >= 0.6 is 0 Å². The summed E-state index contributed by atoms with van der Waals surface area (Å²) in [6.07, 6.45) is 4.98. The monoisotopic (exact) mass is 292 g/mol. The summed E-state index contributed by atoms with van der Waals surface area (Å²) in [4.78, 5) is 14.4. The Morgan fingerprint density at radius 1 is 1.14 bits per heavy atom. The van der Waals surface area contributed by atoms with Crippen molar-refractivity contribution < 1.29 is 9.18 Å². The number of halogens is 1. The van der Waals surface area contributed by atoms with Crippen LogP contribution in [0, 0.1) is 5.82 Å². The predicted molar refractivity (Wildman–Crippen MR) is 82.2 cm³/mol. The van der Waals surface area contributed by atoms with E-state index in [0.29, 0.717) is 0 Å². The predicted octanol–water partition coefficient (Wildman–Crippen LogP) is 3.62. The standard InChI is InChI=1S/C17H25FN2O/c1-3-5-6-12-20-16(13-8-10-14(18)11-9-13)19-15(7-4-2)17(20)21/h8-11,15-16,19H,3-7,12H2,1-2H3. The highest BCUT2D eigenvalue weighted by atomic mass is 19.1. The van der Waals surface area contributed by atoms with E-state index < -0.39 is 0 Å². The average molecular weight is 292 g/mol. The van der Waals surface area contributed by atoms with Crippen LogP contribution in [0.25, 0.3) is 0 Å². The lowest BCUT2D eigenvalue weighted by Gasteiger charge is -2.24. The van der Waals surface area contributed by atoms with Crippen molar-refractivity contribution >= 4 is 5.91 Å². The van der Waals surface area contributed by atoms with Crippen molar-refractivity contribution in [1.29, 1.82) is 0 Å². The lowest BCUT2D eigenvalue weighted by atomic mass is 10.1. The fraction of sp³-hybridized carbons (Fsp3) is 0.588. The maximum atomic E-state index is 13.1. The number of carbonyl (C=O) groups is 1. The molecule has 0 saturated carbocycles. The summed E-state index contributed by atoms with van der Waals surface area (Å²) >= 11 is 0. The van der Waals surface area contributed by atoms with E-state index in [4.69, 9.17) is 0 Å². The first-order valence-corrected chi connectivity index (χ1v) is 7.99. The van der Waals surface area contributed by atoms with E-state index >= 15 is 0 Å². The second-order valence-corrected chi connectivity index (χ2v) is 5.70. The fourth-order valence-electron chi connectivity index (χ4n) is 2.87. The van der Waals surface area contributed by atoms with Gasteiger partial charge in [0.05, 0.1) is 6.04 Å². The summed E-state index contributed by atoms with van der Waals surface area (Å²) in [5.41, 5.74) is 0.958. The third-order valence-electron chi connectivity index (χ3n) is 4.02. The van der Waals surface area contributed by atoms with Crippen molar-refractivity contribution in [2.75, 3.05) is 6.54 Å². The number of nitrogens with zero attached hydrogens (tertiary/aromatic N) is 1. The molecule has 1 aromatic rings. The minimum atomic E-state index is -0.245. The Balaban J connectivity index is 2.14. The minimum Gasteiger partial charge on any atom is -0.322 e. The van der Waals surface area contributed by atoms with Gasteiger partial charge in [0.1, 0.15) is 12.0 Å². The van der Waals surface area contributed by atoms with Crippen molar-refractivity contribution in [3.8, 4) is 0 Å². The molecule has 2 atom stereocenters. The molecule has 1 aromatic carbocycles. The van der Waals surface area contributed by atoms with Crippen LogP contribution in [0.5, 0.6) is 0 Å². The number of carbonyl (C=O) groups excluding carboxylic acids is 1. The van der Waals surface area contributed by atoms with Crippen LogP contribution in [0.3, 0.4) is 0 Å². The molecule has 1 aliphatic rings. The number of hydrogen-bond donors (Lipinski definition) is 1. The van der Waals surface area contributed by atoms with Crippen molar-refractivity contribution in [3.63, 3.8) is 0 Å². The molecule has 4 heteroatoms. The van der Waals surface area contributed by atoms with Crippen LogP contribution in [0.4, 0.5) is 4.39 Å². The first kappa shape index (κ1) is 16.0. The highest BCUT2D eigenvalue weighted by Crippen LogP contribution is 2.27. The molecule has 116 valence electrons. The molecule has 21 heavy (non-hydrogen) atoms. The van der Waals surface area contributed by atoms with Crippen molar-refractivity contribution in [2.45, 2.75) is 58.2 Å². The Kier molecular flexibility index (Phi) is 5.74. The zero-order chi connectivity index (χ0) is 15.2. The van der Waals surface area contributed by atoms with E-state index in [9.17, 15) is 9.18 Å². The molecule has 0 aliphatic carbocycles. The van der Waals surface area contributed by atoms with Gasteiger partial charge in [-0.3, -0.25) is 10.1 Å². The van der Waals surface area contributed by atoms with Gasteiger partial charge in [-0.05, 0) is 30.5 Å². The molecule has 0 bridgehead atoms. The van der Waals surface area contributed by atoms with Crippen molar-refractivity contribution in [1.82, 2.24) is 10.2 Å².